The zero-order chi connectivity index (χ0) is 23.7. The first-order chi connectivity index (χ1) is 15.8. The summed E-state index contributed by atoms with van der Waals surface area (Å²) in [6.45, 7) is 1.66. The largest absolute Gasteiger partial charge is 0.465 e. The molecule has 0 saturated heterocycles. The first-order valence-corrected chi connectivity index (χ1v) is 10.8. The van der Waals surface area contributed by atoms with Crippen molar-refractivity contribution in [1.82, 2.24) is 9.88 Å². The Labute approximate surface area is 193 Å². The van der Waals surface area contributed by atoms with Crippen molar-refractivity contribution in [2.45, 2.75) is 6.92 Å². The zero-order valence-corrected chi connectivity index (χ0v) is 19.3. The summed E-state index contributed by atoms with van der Waals surface area (Å²) in [5.74, 6) is -0.821. The number of hydrogen-bond donors (Lipinski definition) is 1. The van der Waals surface area contributed by atoms with E-state index in [4.69, 9.17) is 9.15 Å². The molecule has 3 heterocycles. The number of benzene rings is 1. The van der Waals surface area contributed by atoms with Gasteiger partial charge in [0.2, 0.25) is 0 Å². The van der Waals surface area contributed by atoms with E-state index in [0.717, 1.165) is 11.3 Å². The molecule has 0 bridgehead atoms. The van der Waals surface area contributed by atoms with E-state index in [9.17, 15) is 14.4 Å². The smallest absolute Gasteiger partial charge is 0.341 e. The van der Waals surface area contributed by atoms with Gasteiger partial charge in [-0.25, -0.2) is 9.78 Å². The maximum Gasteiger partial charge on any atom is 0.341 e. The number of furan rings is 1. The van der Waals surface area contributed by atoms with E-state index in [-0.39, 0.29) is 16.5 Å². The molecule has 3 aromatic heterocycles. The molecule has 168 valence electrons. The molecule has 0 spiro atoms. The van der Waals surface area contributed by atoms with Gasteiger partial charge in [0.05, 0.1) is 34.9 Å². The molecule has 0 aliphatic rings. The molecule has 0 atom stereocenters. The molecule has 1 aromatic carbocycles. The summed E-state index contributed by atoms with van der Waals surface area (Å²) in [6, 6.07) is 12.4. The summed E-state index contributed by atoms with van der Waals surface area (Å²) in [7, 11) is 4.50. The molecule has 33 heavy (non-hydrogen) atoms. The van der Waals surface area contributed by atoms with Gasteiger partial charge >= 0.3 is 5.97 Å². The van der Waals surface area contributed by atoms with Crippen LogP contribution in [0, 0.1) is 6.92 Å². The number of thiophene rings is 1. The fourth-order valence-electron chi connectivity index (χ4n) is 3.44. The van der Waals surface area contributed by atoms with Crippen molar-refractivity contribution in [2.75, 3.05) is 26.5 Å². The number of amides is 2. The molecule has 8 nitrogen and oxygen atoms in total. The molecule has 4 aromatic rings. The molecule has 0 radical (unpaired) electrons. The number of carbonyl (C=O) groups is 3. The monoisotopic (exact) mass is 463 g/mol. The minimum Gasteiger partial charge on any atom is -0.465 e. The normalized spacial score (nSPS) is 10.8. The van der Waals surface area contributed by atoms with Crippen LogP contribution in [0.15, 0.2) is 53.1 Å². The predicted octanol–water partition coefficient (Wildman–Crippen LogP) is 4.61. The lowest BCUT2D eigenvalue weighted by molar-refractivity contribution is 0.0601. The molecular weight excluding hydrogens is 442 g/mol. The lowest BCUT2D eigenvalue weighted by Crippen LogP contribution is -2.21. The molecule has 0 saturated carbocycles. The number of nitrogens with one attached hydrogen (secondary N) is 1. The minimum atomic E-state index is -0.632. The van der Waals surface area contributed by atoms with Crippen LogP contribution in [0.3, 0.4) is 0 Å². The number of ether oxygens (including phenoxy) is 1. The summed E-state index contributed by atoms with van der Waals surface area (Å²) >= 11 is 1.04. The highest BCUT2D eigenvalue weighted by Gasteiger charge is 2.27. The highest BCUT2D eigenvalue weighted by Crippen LogP contribution is 2.35. The molecule has 0 aliphatic heterocycles. The number of anilines is 1. The van der Waals surface area contributed by atoms with Gasteiger partial charge < -0.3 is 19.4 Å². The maximum absolute atomic E-state index is 13.4. The highest BCUT2D eigenvalue weighted by atomic mass is 32.1. The Kier molecular flexibility index (Phi) is 5.97. The van der Waals surface area contributed by atoms with Gasteiger partial charge in [0.15, 0.2) is 5.76 Å². The number of nitrogens with zero attached hydrogens (tertiary/aromatic N) is 2. The molecule has 0 unspecified atom stereocenters. The molecule has 0 aliphatic carbocycles. The van der Waals surface area contributed by atoms with E-state index >= 15 is 0 Å². The van der Waals surface area contributed by atoms with Crippen molar-refractivity contribution in [1.29, 1.82) is 0 Å². The van der Waals surface area contributed by atoms with Crippen molar-refractivity contribution < 1.29 is 23.5 Å². The highest BCUT2D eigenvalue weighted by molar-refractivity contribution is 7.18. The van der Waals surface area contributed by atoms with Gasteiger partial charge in [-0.2, -0.15) is 0 Å². The lowest BCUT2D eigenvalue weighted by atomic mass is 10.1. The van der Waals surface area contributed by atoms with E-state index in [1.54, 1.807) is 45.3 Å². The molecule has 1 N–H and O–H groups in total. The first-order valence-electron chi connectivity index (χ1n) is 10.00. The zero-order valence-electron chi connectivity index (χ0n) is 18.5. The summed E-state index contributed by atoms with van der Waals surface area (Å²) in [5, 5.41) is 3.70. The van der Waals surface area contributed by atoms with Crippen molar-refractivity contribution in [3.05, 3.63) is 70.3 Å². The SMILES string of the molecule is COC(=O)c1c(NC(=O)c2cc(-c3ccco3)nc3ccccc23)sc(C(=O)N(C)C)c1C. The van der Waals surface area contributed by atoms with E-state index < -0.39 is 11.9 Å². The Morgan fingerprint density at radius 1 is 1.12 bits per heavy atom. The van der Waals surface area contributed by atoms with Crippen LogP contribution >= 0.6 is 11.3 Å². The molecule has 0 fully saturated rings. The average molecular weight is 464 g/mol. The second-order valence-corrected chi connectivity index (χ2v) is 8.48. The van der Waals surface area contributed by atoms with Crippen LogP contribution in [0.1, 0.15) is 36.0 Å². The fourth-order valence-corrected chi connectivity index (χ4v) is 4.65. The van der Waals surface area contributed by atoms with Gasteiger partial charge in [-0.1, -0.05) is 18.2 Å². The third-order valence-electron chi connectivity index (χ3n) is 5.10. The Morgan fingerprint density at radius 3 is 2.55 bits per heavy atom. The minimum absolute atomic E-state index is 0.158. The quantitative estimate of drug-likeness (QED) is 0.434. The number of hydrogen-bond acceptors (Lipinski definition) is 7. The number of para-hydroxylation sites is 1. The maximum atomic E-state index is 13.4. The number of aromatic nitrogens is 1. The van der Waals surface area contributed by atoms with E-state index in [1.807, 2.05) is 18.2 Å². The summed E-state index contributed by atoms with van der Waals surface area (Å²) in [5.41, 5.74) is 2.09. The molecule has 2 amide bonds. The van der Waals surface area contributed by atoms with Crippen LogP contribution in [-0.2, 0) is 4.74 Å². The van der Waals surface area contributed by atoms with Crippen LogP contribution in [0.25, 0.3) is 22.4 Å². The number of carbonyl (C=O) groups excluding carboxylic acids is 3. The van der Waals surface area contributed by atoms with Gasteiger partial charge in [0.25, 0.3) is 11.8 Å². The van der Waals surface area contributed by atoms with Gasteiger partial charge in [0.1, 0.15) is 10.7 Å². The second kappa shape index (κ2) is 8.87. The molecule has 9 heteroatoms. The van der Waals surface area contributed by atoms with Crippen LogP contribution < -0.4 is 5.32 Å². The molecular formula is C24H21N3O5S. The number of pyridine rings is 1. The average Bonchev–Trinajstić information content (AvgIpc) is 3.45. The Hall–Kier alpha value is -3.98. The Morgan fingerprint density at radius 2 is 1.88 bits per heavy atom. The van der Waals surface area contributed by atoms with Crippen LogP contribution in [-0.4, -0.2) is 48.9 Å². The van der Waals surface area contributed by atoms with E-state index in [0.29, 0.717) is 38.4 Å². The van der Waals surface area contributed by atoms with Gasteiger partial charge in [-0.05, 0) is 36.8 Å². The number of methoxy groups -OCH3 is 1. The summed E-state index contributed by atoms with van der Waals surface area (Å²) in [6.07, 6.45) is 1.53. The van der Waals surface area contributed by atoms with Crippen LogP contribution in [0.5, 0.6) is 0 Å². The Bertz CT molecular complexity index is 1370. The van der Waals surface area contributed by atoms with Gasteiger partial charge in [0, 0.05) is 19.5 Å². The third kappa shape index (κ3) is 4.10. The topological polar surface area (TPSA) is 102 Å². The second-order valence-electron chi connectivity index (χ2n) is 7.46. The number of esters is 1. The van der Waals surface area contributed by atoms with Gasteiger partial charge in [-0.15, -0.1) is 11.3 Å². The van der Waals surface area contributed by atoms with Crippen molar-refractivity contribution in [3.8, 4) is 11.5 Å². The van der Waals surface area contributed by atoms with E-state index in [1.165, 1.54) is 18.3 Å². The fraction of sp³-hybridized carbons (Fsp3) is 0.167. The standard InChI is InChI=1S/C24H21N3O5S/c1-13-19(24(30)31-4)22(33-20(13)23(29)27(2)3)26-21(28)15-12-17(18-10-7-11-32-18)25-16-9-6-5-8-14(15)16/h5-12H,1-4H3,(H,26,28). The van der Waals surface area contributed by atoms with Crippen molar-refractivity contribution in [2.24, 2.45) is 0 Å². The van der Waals surface area contributed by atoms with Gasteiger partial charge in [-0.3, -0.25) is 9.59 Å². The Balaban J connectivity index is 1.81. The third-order valence-corrected chi connectivity index (χ3v) is 6.29. The van der Waals surface area contributed by atoms with Crippen LogP contribution in [0.4, 0.5) is 5.00 Å². The van der Waals surface area contributed by atoms with Crippen molar-refractivity contribution in [3.63, 3.8) is 0 Å². The molecule has 4 rings (SSSR count). The lowest BCUT2D eigenvalue weighted by Gasteiger charge is -2.10. The van der Waals surface area contributed by atoms with Crippen LogP contribution in [0.2, 0.25) is 0 Å². The number of fused-ring (bicyclic) bond motifs is 1. The predicted molar refractivity (Wildman–Crippen MR) is 126 cm³/mol. The summed E-state index contributed by atoms with van der Waals surface area (Å²) < 4.78 is 10.4. The summed E-state index contributed by atoms with van der Waals surface area (Å²) in [4.78, 5) is 44.9. The van der Waals surface area contributed by atoms with Crippen molar-refractivity contribution >= 4 is 45.0 Å². The first kappa shape index (κ1) is 22.2. The number of rotatable bonds is 5. The van der Waals surface area contributed by atoms with E-state index in [2.05, 4.69) is 10.3 Å².